The monoisotopic (exact) mass is 270 g/mol. The summed E-state index contributed by atoms with van der Waals surface area (Å²) in [5.41, 5.74) is 6.67. The van der Waals surface area contributed by atoms with Gasteiger partial charge in [0.05, 0.1) is 5.75 Å². The summed E-state index contributed by atoms with van der Waals surface area (Å²) in [4.78, 5) is 12.0. The number of nitrogen functional groups attached to an aromatic ring is 1. The molecule has 1 aliphatic heterocycles. The minimum absolute atomic E-state index is 0.0262. The van der Waals surface area contributed by atoms with Crippen molar-refractivity contribution in [3.63, 3.8) is 0 Å². The van der Waals surface area contributed by atoms with Crippen molar-refractivity contribution in [1.29, 1.82) is 0 Å². The van der Waals surface area contributed by atoms with E-state index in [4.69, 9.17) is 10.8 Å². The maximum atomic E-state index is 12.0. The molecule has 0 aliphatic carbocycles. The minimum Gasteiger partial charge on any atom is -0.465 e. The molecule has 1 unspecified atom stereocenters. The van der Waals surface area contributed by atoms with E-state index >= 15 is 0 Å². The molecule has 1 aliphatic rings. The number of carbonyl (C=O) groups is 1. The average Bonchev–Trinajstić information content (AvgIpc) is 2.30. The summed E-state index contributed by atoms with van der Waals surface area (Å²) >= 11 is 0. The summed E-state index contributed by atoms with van der Waals surface area (Å²) in [6.07, 6.45) is -1.09. The van der Waals surface area contributed by atoms with E-state index in [0.717, 1.165) is 4.90 Å². The van der Waals surface area contributed by atoms with E-state index < -0.39 is 21.2 Å². The van der Waals surface area contributed by atoms with Crippen molar-refractivity contribution in [3.8, 4) is 0 Å². The predicted octanol–water partition coefficient (Wildman–Crippen LogP) is 0.718. The van der Waals surface area contributed by atoms with Crippen LogP contribution in [0.5, 0.6) is 0 Å². The van der Waals surface area contributed by atoms with Crippen LogP contribution >= 0.6 is 0 Å². The highest BCUT2D eigenvalue weighted by Gasteiger charge is 2.35. The van der Waals surface area contributed by atoms with Gasteiger partial charge in [-0.05, 0) is 17.7 Å². The van der Waals surface area contributed by atoms with E-state index in [-0.39, 0.29) is 18.8 Å². The van der Waals surface area contributed by atoms with E-state index in [0.29, 0.717) is 11.3 Å². The highest BCUT2D eigenvalue weighted by Crippen LogP contribution is 2.28. The molecule has 2 rings (SSSR count). The first-order valence-corrected chi connectivity index (χ1v) is 7.16. The van der Waals surface area contributed by atoms with Gasteiger partial charge in [-0.1, -0.05) is 12.1 Å². The number of nitrogens with zero attached hydrogens (tertiary/aromatic N) is 1. The van der Waals surface area contributed by atoms with Gasteiger partial charge in [-0.2, -0.15) is 0 Å². The summed E-state index contributed by atoms with van der Waals surface area (Å²) < 4.78 is 24.0. The number of benzene rings is 1. The number of rotatable bonds is 1. The first-order chi connectivity index (χ1) is 8.40. The number of carboxylic acid groups (broad SMARTS) is 1. The van der Waals surface area contributed by atoms with E-state index in [9.17, 15) is 13.2 Å². The molecule has 1 atom stereocenters. The van der Waals surface area contributed by atoms with Gasteiger partial charge in [0.25, 0.3) is 0 Å². The highest BCUT2D eigenvalue weighted by atomic mass is 32.2. The summed E-state index contributed by atoms with van der Waals surface area (Å²) in [5.74, 6) is -0.145. The van der Waals surface area contributed by atoms with Crippen molar-refractivity contribution in [2.75, 3.05) is 24.6 Å². The number of anilines is 1. The summed E-state index contributed by atoms with van der Waals surface area (Å²) in [7, 11) is -3.30. The Morgan fingerprint density at radius 2 is 1.94 bits per heavy atom. The molecule has 0 radical (unpaired) electrons. The third-order valence-electron chi connectivity index (χ3n) is 3.04. The molecule has 1 fully saturated rings. The molecule has 1 aromatic carbocycles. The first kappa shape index (κ1) is 12.7. The molecule has 98 valence electrons. The van der Waals surface area contributed by atoms with Crippen molar-refractivity contribution >= 4 is 21.6 Å². The van der Waals surface area contributed by atoms with Gasteiger partial charge in [0.2, 0.25) is 0 Å². The summed E-state index contributed by atoms with van der Waals surface area (Å²) in [6, 6.07) is 6.49. The fourth-order valence-corrected chi connectivity index (χ4v) is 3.72. The molecule has 6 nitrogen and oxygen atoms in total. The second-order valence-electron chi connectivity index (χ2n) is 4.25. The SMILES string of the molecule is Nc1ccc(C2CN(C(=O)O)CCS2(=O)=O)cc1. The molecule has 1 aromatic rings. The standard InChI is InChI=1S/C11H14N2O4S/c12-9-3-1-8(2-4-9)10-7-13(11(14)15)5-6-18(10,16)17/h1-4,10H,5-7,12H2,(H,14,15). The summed E-state index contributed by atoms with van der Waals surface area (Å²) in [6.45, 7) is 0.00469. The number of sulfone groups is 1. The van der Waals surface area contributed by atoms with Gasteiger partial charge in [-0.15, -0.1) is 0 Å². The van der Waals surface area contributed by atoms with Gasteiger partial charge in [-0.25, -0.2) is 13.2 Å². The molecule has 3 N–H and O–H groups in total. The molecule has 0 spiro atoms. The van der Waals surface area contributed by atoms with Crippen molar-refractivity contribution in [2.45, 2.75) is 5.25 Å². The zero-order valence-electron chi connectivity index (χ0n) is 9.61. The maximum Gasteiger partial charge on any atom is 0.407 e. The second-order valence-corrected chi connectivity index (χ2v) is 6.55. The maximum absolute atomic E-state index is 12.0. The molecule has 18 heavy (non-hydrogen) atoms. The highest BCUT2D eigenvalue weighted by molar-refractivity contribution is 7.91. The lowest BCUT2D eigenvalue weighted by Crippen LogP contribution is -2.44. The van der Waals surface area contributed by atoms with Crippen molar-refractivity contribution in [3.05, 3.63) is 29.8 Å². The Morgan fingerprint density at radius 1 is 1.33 bits per heavy atom. The Kier molecular flexibility index (Phi) is 3.16. The third-order valence-corrected chi connectivity index (χ3v) is 5.08. The fourth-order valence-electron chi connectivity index (χ4n) is 1.98. The van der Waals surface area contributed by atoms with Crippen LogP contribution in [0.3, 0.4) is 0 Å². The van der Waals surface area contributed by atoms with Crippen LogP contribution in [-0.4, -0.2) is 43.4 Å². The lowest BCUT2D eigenvalue weighted by Gasteiger charge is -2.30. The van der Waals surface area contributed by atoms with Crippen LogP contribution in [0.15, 0.2) is 24.3 Å². The van der Waals surface area contributed by atoms with Gasteiger partial charge >= 0.3 is 6.09 Å². The molecule has 0 aromatic heterocycles. The largest absolute Gasteiger partial charge is 0.465 e. The lowest BCUT2D eigenvalue weighted by atomic mass is 10.1. The van der Waals surface area contributed by atoms with Crippen molar-refractivity contribution in [2.24, 2.45) is 0 Å². The van der Waals surface area contributed by atoms with Crippen molar-refractivity contribution in [1.82, 2.24) is 4.90 Å². The van der Waals surface area contributed by atoms with E-state index in [1.165, 1.54) is 0 Å². The lowest BCUT2D eigenvalue weighted by molar-refractivity contribution is 0.146. The average molecular weight is 270 g/mol. The van der Waals surface area contributed by atoms with Crippen LogP contribution in [0.1, 0.15) is 10.8 Å². The van der Waals surface area contributed by atoms with Crippen LogP contribution in [0, 0.1) is 0 Å². The van der Waals surface area contributed by atoms with E-state index in [1.54, 1.807) is 24.3 Å². The second kappa shape index (κ2) is 4.49. The van der Waals surface area contributed by atoms with Crippen LogP contribution in [-0.2, 0) is 9.84 Å². The fraction of sp³-hybridized carbons (Fsp3) is 0.364. The predicted molar refractivity (Wildman–Crippen MR) is 67.0 cm³/mol. The van der Waals surface area contributed by atoms with Gasteiger partial charge in [-0.3, -0.25) is 0 Å². The van der Waals surface area contributed by atoms with E-state index in [1.807, 2.05) is 0 Å². The molecule has 7 heteroatoms. The molecule has 1 heterocycles. The Labute approximate surface area is 105 Å². The van der Waals surface area contributed by atoms with Crippen LogP contribution in [0.2, 0.25) is 0 Å². The number of amides is 1. The Bertz CT molecular complexity index is 553. The molecule has 1 saturated heterocycles. The van der Waals surface area contributed by atoms with Crippen LogP contribution < -0.4 is 5.73 Å². The Morgan fingerprint density at radius 3 is 2.50 bits per heavy atom. The Balaban J connectivity index is 2.33. The number of hydrogen-bond donors (Lipinski definition) is 2. The molecular weight excluding hydrogens is 256 g/mol. The quantitative estimate of drug-likeness (QED) is 0.732. The van der Waals surface area contributed by atoms with Crippen molar-refractivity contribution < 1.29 is 18.3 Å². The molecule has 0 saturated carbocycles. The topological polar surface area (TPSA) is 101 Å². The number of nitrogens with two attached hydrogens (primary N) is 1. The summed E-state index contributed by atoms with van der Waals surface area (Å²) in [5, 5.41) is 8.13. The van der Waals surface area contributed by atoms with Crippen LogP contribution in [0.25, 0.3) is 0 Å². The van der Waals surface area contributed by atoms with Gasteiger partial charge in [0.15, 0.2) is 9.84 Å². The van der Waals surface area contributed by atoms with Gasteiger partial charge in [0.1, 0.15) is 5.25 Å². The normalized spacial score (nSPS) is 22.7. The third kappa shape index (κ3) is 2.40. The molecule has 1 amide bonds. The van der Waals surface area contributed by atoms with Gasteiger partial charge < -0.3 is 15.7 Å². The molecule has 0 bridgehead atoms. The number of hydrogen-bond acceptors (Lipinski definition) is 4. The minimum atomic E-state index is -3.30. The van der Waals surface area contributed by atoms with E-state index in [2.05, 4.69) is 0 Å². The first-order valence-electron chi connectivity index (χ1n) is 5.45. The zero-order valence-corrected chi connectivity index (χ0v) is 10.4. The zero-order chi connectivity index (χ0) is 13.3. The molecular formula is C11H14N2O4S. The van der Waals surface area contributed by atoms with Crippen LogP contribution in [0.4, 0.5) is 10.5 Å². The Hall–Kier alpha value is -1.76. The van der Waals surface area contributed by atoms with Gasteiger partial charge in [0, 0.05) is 18.8 Å². The smallest absolute Gasteiger partial charge is 0.407 e.